The molecule has 1 aliphatic rings. The van der Waals surface area contributed by atoms with Crippen molar-refractivity contribution < 1.29 is 93.5 Å². The van der Waals surface area contributed by atoms with Crippen LogP contribution in [0.1, 0.15) is 6.23 Å². The summed E-state index contributed by atoms with van der Waals surface area (Å²) in [6, 6.07) is 0. The van der Waals surface area contributed by atoms with Gasteiger partial charge in [-0.25, -0.2) is 9.97 Å². The zero-order valence-corrected chi connectivity index (χ0v) is 18.1. The minimum absolute atomic E-state index is 0. The molecule has 0 radical (unpaired) electrons. The first-order valence-electron chi connectivity index (χ1n) is 6.33. The van der Waals surface area contributed by atoms with Crippen molar-refractivity contribution in [1.29, 1.82) is 0 Å². The number of aromatic amines is 1. The first-order valence-corrected chi connectivity index (χ1v) is 7.94. The summed E-state index contributed by atoms with van der Waals surface area (Å²) in [4.78, 5) is 43.3. The zero-order valence-electron chi connectivity index (χ0n) is 13.2. The van der Waals surface area contributed by atoms with Gasteiger partial charge < -0.3 is 39.4 Å². The second-order valence-corrected chi connectivity index (χ2v) is 6.59. The van der Waals surface area contributed by atoms with Gasteiger partial charge in [0.05, 0.1) is 12.7 Å². The van der Waals surface area contributed by atoms with Gasteiger partial charge in [-0.05, 0) is 7.60 Å². The summed E-state index contributed by atoms with van der Waals surface area (Å²) in [6.07, 6.45) is -4.59. The molecule has 0 bridgehead atoms. The average molecular weight is 392 g/mol. The van der Waals surface area contributed by atoms with E-state index < -0.39 is 43.5 Å². The van der Waals surface area contributed by atoms with E-state index in [9.17, 15) is 34.5 Å². The fourth-order valence-electron chi connectivity index (χ4n) is 2.39. The third kappa shape index (κ3) is 4.27. The van der Waals surface area contributed by atoms with Crippen molar-refractivity contribution in [2.24, 2.45) is 0 Å². The van der Waals surface area contributed by atoms with Gasteiger partial charge in [0.1, 0.15) is 24.2 Å². The summed E-state index contributed by atoms with van der Waals surface area (Å²) in [5.74, 6) is -2.54. The molecule has 15 heteroatoms. The summed E-state index contributed by atoms with van der Waals surface area (Å²) in [5, 5.41) is 29.3. The Morgan fingerprint density at radius 3 is 2.52 bits per heavy atom. The van der Waals surface area contributed by atoms with E-state index in [1.165, 1.54) is 0 Å². The Morgan fingerprint density at radius 1 is 1.28 bits per heavy atom. The van der Waals surface area contributed by atoms with Gasteiger partial charge in [0.2, 0.25) is 0 Å². The molecule has 0 amide bonds. The first-order chi connectivity index (χ1) is 10.7. The van der Waals surface area contributed by atoms with E-state index in [1.54, 1.807) is 0 Å². The number of ether oxygens (including phenoxy) is 1. The SMILES string of the molecule is O=c1[nH]cnc2c1ncn2[C@@H]1O[C@H](C(O)P(=O)([O-])[O-])[C@@H](O)[C@H]1O.[Na+].[Na+]. The van der Waals surface area contributed by atoms with Gasteiger partial charge in [-0.2, -0.15) is 0 Å². The maximum absolute atomic E-state index is 11.6. The van der Waals surface area contributed by atoms with Crippen LogP contribution in [0.5, 0.6) is 0 Å². The maximum atomic E-state index is 11.6. The third-order valence-corrected chi connectivity index (χ3v) is 4.47. The molecule has 0 aromatic carbocycles. The van der Waals surface area contributed by atoms with Gasteiger partial charge in [0.15, 0.2) is 17.4 Å². The standard InChI is InChI=1S/C10H13N4O8P.2Na/c15-4-5(16)9(22-6(4)10(18)23(19,20)21)14-2-13-3-7(14)11-1-12-8(3)17;;/h1-2,4-6,9-10,15-16,18H,(H,11,12,17)(H2,19,20,21);;/q;2*+1/p-2/t4-,5+,6-,9+,10?;;/m0../s1. The fourth-order valence-corrected chi connectivity index (χ4v) is 3.00. The monoisotopic (exact) mass is 392 g/mol. The van der Waals surface area contributed by atoms with Crippen LogP contribution in [0.2, 0.25) is 0 Å². The Hall–Kier alpha value is 0.340. The molecule has 1 aliphatic heterocycles. The van der Waals surface area contributed by atoms with E-state index >= 15 is 0 Å². The Balaban J connectivity index is 0.00000156. The van der Waals surface area contributed by atoms with Crippen LogP contribution in [0.4, 0.5) is 0 Å². The van der Waals surface area contributed by atoms with E-state index in [0.29, 0.717) is 0 Å². The van der Waals surface area contributed by atoms with Gasteiger partial charge in [-0.1, -0.05) is 0 Å². The van der Waals surface area contributed by atoms with Gasteiger partial charge in [0, 0.05) is 0 Å². The Bertz CT molecular complexity index is 840. The smallest absolute Gasteiger partial charge is 0.809 e. The molecular weight excluding hydrogens is 381 g/mol. The molecule has 3 heterocycles. The molecule has 0 aliphatic carbocycles. The molecule has 1 fully saturated rings. The van der Waals surface area contributed by atoms with E-state index in [4.69, 9.17) is 4.74 Å². The van der Waals surface area contributed by atoms with Gasteiger partial charge in [0.25, 0.3) is 5.56 Å². The van der Waals surface area contributed by atoms with Crippen molar-refractivity contribution >= 4 is 18.8 Å². The van der Waals surface area contributed by atoms with Gasteiger partial charge in [-0.3, -0.25) is 9.36 Å². The summed E-state index contributed by atoms with van der Waals surface area (Å²) in [6.45, 7) is 0. The maximum Gasteiger partial charge on any atom is 1.00 e. The third-order valence-electron chi connectivity index (χ3n) is 3.53. The molecule has 4 N–H and O–H groups in total. The average Bonchev–Trinajstić information content (AvgIpc) is 3.02. The molecule has 126 valence electrons. The molecule has 2 aromatic heterocycles. The minimum atomic E-state index is -5.47. The number of aromatic nitrogens is 4. The zero-order chi connectivity index (χ0) is 16.9. The van der Waals surface area contributed by atoms with Crippen molar-refractivity contribution in [3.63, 3.8) is 0 Å². The number of imidazole rings is 1. The number of fused-ring (bicyclic) bond motifs is 1. The van der Waals surface area contributed by atoms with Crippen LogP contribution < -0.4 is 74.5 Å². The van der Waals surface area contributed by atoms with Gasteiger partial charge in [-0.15, -0.1) is 0 Å². The second-order valence-electron chi connectivity index (χ2n) is 4.98. The molecule has 1 unspecified atom stereocenters. The molecule has 0 spiro atoms. The van der Waals surface area contributed by atoms with E-state index in [0.717, 1.165) is 17.2 Å². The number of rotatable bonds is 3. The Morgan fingerprint density at radius 2 is 1.92 bits per heavy atom. The topological polar surface area (TPSA) is 197 Å². The summed E-state index contributed by atoms with van der Waals surface area (Å²) >= 11 is 0. The van der Waals surface area contributed by atoms with Crippen LogP contribution in [0.3, 0.4) is 0 Å². The molecule has 2 aromatic rings. The van der Waals surface area contributed by atoms with Crippen molar-refractivity contribution in [3.05, 3.63) is 23.0 Å². The molecule has 1 saturated heterocycles. The number of hydrogen-bond acceptors (Lipinski definition) is 10. The molecule has 0 saturated carbocycles. The van der Waals surface area contributed by atoms with Crippen molar-refractivity contribution in [2.45, 2.75) is 30.4 Å². The number of H-pyrrole nitrogens is 1. The van der Waals surface area contributed by atoms with Crippen LogP contribution in [0, 0.1) is 0 Å². The number of hydrogen-bond donors (Lipinski definition) is 4. The quantitative estimate of drug-likeness (QED) is 0.287. The van der Waals surface area contributed by atoms with Crippen LogP contribution in [0.15, 0.2) is 17.4 Å². The largest absolute Gasteiger partial charge is 1.00 e. The Kier molecular flexibility index (Phi) is 8.01. The van der Waals surface area contributed by atoms with Crippen LogP contribution in [0.25, 0.3) is 11.2 Å². The van der Waals surface area contributed by atoms with Crippen LogP contribution in [-0.4, -0.2) is 59.0 Å². The summed E-state index contributed by atoms with van der Waals surface area (Å²) in [7, 11) is -5.47. The van der Waals surface area contributed by atoms with E-state index in [2.05, 4.69) is 15.0 Å². The summed E-state index contributed by atoms with van der Waals surface area (Å²) < 4.78 is 17.1. The molecule has 12 nitrogen and oxygen atoms in total. The van der Waals surface area contributed by atoms with Gasteiger partial charge >= 0.3 is 59.1 Å². The normalized spacial score (nSPS) is 27.6. The minimum Gasteiger partial charge on any atom is -0.809 e. The number of nitrogens with one attached hydrogen (secondary N) is 1. The Labute approximate surface area is 184 Å². The first kappa shape index (κ1) is 23.4. The predicted molar refractivity (Wildman–Crippen MR) is 67.7 cm³/mol. The fraction of sp³-hybridized carbons (Fsp3) is 0.500. The van der Waals surface area contributed by atoms with Crippen LogP contribution in [-0.2, 0) is 9.30 Å². The van der Waals surface area contributed by atoms with Crippen molar-refractivity contribution in [2.75, 3.05) is 0 Å². The van der Waals surface area contributed by atoms with E-state index in [-0.39, 0.29) is 70.3 Å². The second kappa shape index (κ2) is 8.57. The number of nitrogens with zero attached hydrogens (tertiary/aromatic N) is 3. The molecule has 3 rings (SSSR count). The summed E-state index contributed by atoms with van der Waals surface area (Å²) in [5.41, 5.74) is -0.616. The predicted octanol–water partition coefficient (Wildman–Crippen LogP) is -10.0. The number of aliphatic hydroxyl groups is 3. The van der Waals surface area contributed by atoms with Crippen molar-refractivity contribution in [1.82, 2.24) is 19.5 Å². The van der Waals surface area contributed by atoms with Crippen LogP contribution >= 0.6 is 7.60 Å². The molecule has 5 atom stereocenters. The van der Waals surface area contributed by atoms with E-state index in [1.807, 2.05) is 0 Å². The number of aliphatic hydroxyl groups excluding tert-OH is 3. The molecule has 25 heavy (non-hydrogen) atoms. The molecular formula is C10H11N4Na2O8P. The van der Waals surface area contributed by atoms with Crippen molar-refractivity contribution in [3.8, 4) is 0 Å².